The highest BCUT2D eigenvalue weighted by Crippen LogP contribution is 2.27. The lowest BCUT2D eigenvalue weighted by Gasteiger charge is -2.01. The van der Waals surface area contributed by atoms with Crippen LogP contribution in [0, 0.1) is 13.8 Å². The SMILES string of the molecule is Cc1noc(C)c1-c1cnc2cc(C(=O)O)ccn12. The summed E-state index contributed by atoms with van der Waals surface area (Å²) in [6.07, 6.45) is 3.38. The van der Waals surface area contributed by atoms with E-state index in [1.54, 1.807) is 18.5 Å². The molecule has 6 heteroatoms. The molecule has 0 radical (unpaired) electrons. The van der Waals surface area contributed by atoms with E-state index in [1.807, 2.05) is 18.2 Å². The molecule has 3 rings (SSSR count). The fourth-order valence-electron chi connectivity index (χ4n) is 2.15. The first-order chi connectivity index (χ1) is 9.08. The fourth-order valence-corrected chi connectivity index (χ4v) is 2.15. The Morgan fingerprint density at radius 3 is 2.84 bits per heavy atom. The third kappa shape index (κ3) is 1.69. The topological polar surface area (TPSA) is 80.6 Å². The normalized spacial score (nSPS) is 11.1. The molecule has 0 fully saturated rings. The minimum atomic E-state index is -0.968. The maximum atomic E-state index is 10.9. The van der Waals surface area contributed by atoms with Crippen LogP contribution >= 0.6 is 0 Å². The van der Waals surface area contributed by atoms with Crippen molar-refractivity contribution in [2.24, 2.45) is 0 Å². The maximum Gasteiger partial charge on any atom is 0.335 e. The van der Waals surface area contributed by atoms with E-state index in [2.05, 4.69) is 10.1 Å². The van der Waals surface area contributed by atoms with Crippen molar-refractivity contribution in [1.29, 1.82) is 0 Å². The number of rotatable bonds is 2. The molecule has 0 aromatic carbocycles. The third-order valence-electron chi connectivity index (χ3n) is 3.05. The number of carboxylic acid groups (broad SMARTS) is 1. The molecule has 0 aliphatic carbocycles. The molecule has 0 unspecified atom stereocenters. The van der Waals surface area contributed by atoms with Crippen LogP contribution in [0.3, 0.4) is 0 Å². The van der Waals surface area contributed by atoms with Crippen LogP contribution in [0.4, 0.5) is 0 Å². The van der Waals surface area contributed by atoms with Crippen LogP contribution < -0.4 is 0 Å². The van der Waals surface area contributed by atoms with E-state index < -0.39 is 5.97 Å². The Morgan fingerprint density at radius 2 is 2.21 bits per heavy atom. The zero-order valence-electron chi connectivity index (χ0n) is 10.4. The minimum absolute atomic E-state index is 0.211. The van der Waals surface area contributed by atoms with Gasteiger partial charge in [-0.3, -0.25) is 4.40 Å². The molecular weight excluding hydrogens is 246 g/mol. The van der Waals surface area contributed by atoms with Gasteiger partial charge in [-0.05, 0) is 26.0 Å². The van der Waals surface area contributed by atoms with Crippen molar-refractivity contribution in [3.05, 3.63) is 41.5 Å². The van der Waals surface area contributed by atoms with E-state index in [1.165, 1.54) is 6.07 Å². The number of carbonyl (C=O) groups is 1. The molecular formula is C13H11N3O3. The van der Waals surface area contributed by atoms with Gasteiger partial charge in [0.25, 0.3) is 0 Å². The van der Waals surface area contributed by atoms with Gasteiger partial charge in [0.05, 0.1) is 28.7 Å². The van der Waals surface area contributed by atoms with Crippen LogP contribution in [-0.4, -0.2) is 25.6 Å². The molecule has 3 aromatic heterocycles. The van der Waals surface area contributed by atoms with Crippen molar-refractivity contribution < 1.29 is 14.4 Å². The molecule has 0 aliphatic heterocycles. The standard InChI is InChI=1S/C13H11N3O3/c1-7-12(8(2)19-15-7)10-6-14-11-5-9(13(17)18)3-4-16(10)11/h3-6H,1-2H3,(H,17,18). The summed E-state index contributed by atoms with van der Waals surface area (Å²) in [5.74, 6) is -0.258. The lowest BCUT2D eigenvalue weighted by Crippen LogP contribution is -1.98. The second-order valence-corrected chi connectivity index (χ2v) is 4.29. The Balaban J connectivity index is 2.24. The van der Waals surface area contributed by atoms with Gasteiger partial charge in [0, 0.05) is 6.20 Å². The number of hydrogen-bond donors (Lipinski definition) is 1. The molecule has 3 heterocycles. The maximum absolute atomic E-state index is 10.9. The third-order valence-corrected chi connectivity index (χ3v) is 3.05. The summed E-state index contributed by atoms with van der Waals surface area (Å²) in [4.78, 5) is 15.2. The quantitative estimate of drug-likeness (QED) is 0.761. The average Bonchev–Trinajstić information content (AvgIpc) is 2.92. The molecule has 6 nitrogen and oxygen atoms in total. The predicted octanol–water partition coefficient (Wildman–Crippen LogP) is 2.30. The predicted molar refractivity (Wildman–Crippen MR) is 67.1 cm³/mol. The highest BCUT2D eigenvalue weighted by Gasteiger charge is 2.16. The van der Waals surface area contributed by atoms with E-state index in [9.17, 15) is 4.79 Å². The largest absolute Gasteiger partial charge is 0.478 e. The molecule has 96 valence electrons. The van der Waals surface area contributed by atoms with Crippen LogP contribution in [0.2, 0.25) is 0 Å². The molecule has 0 aliphatic rings. The molecule has 0 spiro atoms. The summed E-state index contributed by atoms with van der Waals surface area (Å²) in [6.45, 7) is 3.69. The first-order valence-corrected chi connectivity index (χ1v) is 5.71. The minimum Gasteiger partial charge on any atom is -0.478 e. The molecule has 3 aromatic rings. The van der Waals surface area contributed by atoms with Gasteiger partial charge in [-0.15, -0.1) is 0 Å². The van der Waals surface area contributed by atoms with Gasteiger partial charge >= 0.3 is 5.97 Å². The first kappa shape index (κ1) is 11.5. The van der Waals surface area contributed by atoms with Gasteiger partial charge in [-0.25, -0.2) is 9.78 Å². The summed E-state index contributed by atoms with van der Waals surface area (Å²) in [6, 6.07) is 3.07. The van der Waals surface area contributed by atoms with Crippen molar-refractivity contribution >= 4 is 11.6 Å². The molecule has 0 bridgehead atoms. The molecule has 0 saturated heterocycles. The highest BCUT2D eigenvalue weighted by atomic mass is 16.5. The fraction of sp³-hybridized carbons (Fsp3) is 0.154. The molecule has 19 heavy (non-hydrogen) atoms. The number of aromatic carboxylic acids is 1. The number of hydrogen-bond acceptors (Lipinski definition) is 4. The summed E-state index contributed by atoms with van der Waals surface area (Å²) in [5.41, 5.74) is 3.29. The number of carboxylic acids is 1. The lowest BCUT2D eigenvalue weighted by molar-refractivity contribution is 0.0697. The van der Waals surface area contributed by atoms with Crippen LogP contribution in [0.5, 0.6) is 0 Å². The monoisotopic (exact) mass is 257 g/mol. The first-order valence-electron chi connectivity index (χ1n) is 5.71. The van der Waals surface area contributed by atoms with Crippen LogP contribution in [0.25, 0.3) is 16.9 Å². The van der Waals surface area contributed by atoms with Crippen molar-refractivity contribution in [3.63, 3.8) is 0 Å². The van der Waals surface area contributed by atoms with Crippen LogP contribution in [0.15, 0.2) is 29.0 Å². The lowest BCUT2D eigenvalue weighted by atomic mass is 10.1. The molecule has 0 atom stereocenters. The number of aromatic nitrogens is 3. The van der Waals surface area contributed by atoms with Gasteiger partial charge < -0.3 is 9.63 Å². The smallest absolute Gasteiger partial charge is 0.335 e. The van der Waals surface area contributed by atoms with Crippen molar-refractivity contribution in [2.45, 2.75) is 13.8 Å². The Kier molecular flexibility index (Phi) is 2.38. The molecule has 0 amide bonds. The van der Waals surface area contributed by atoms with Crippen molar-refractivity contribution in [1.82, 2.24) is 14.5 Å². The average molecular weight is 257 g/mol. The zero-order valence-corrected chi connectivity index (χ0v) is 10.4. The van der Waals surface area contributed by atoms with E-state index in [4.69, 9.17) is 9.63 Å². The highest BCUT2D eigenvalue weighted by molar-refractivity contribution is 5.88. The number of fused-ring (bicyclic) bond motifs is 1. The van der Waals surface area contributed by atoms with E-state index in [0.717, 1.165) is 17.0 Å². The zero-order chi connectivity index (χ0) is 13.6. The Morgan fingerprint density at radius 1 is 1.42 bits per heavy atom. The second kappa shape index (κ2) is 3.94. The molecule has 1 N–H and O–H groups in total. The molecule has 0 saturated carbocycles. The summed E-state index contributed by atoms with van der Waals surface area (Å²) in [5, 5.41) is 12.9. The number of imidazole rings is 1. The Labute approximate surface area is 108 Å². The van der Waals surface area contributed by atoms with E-state index >= 15 is 0 Å². The van der Waals surface area contributed by atoms with Crippen molar-refractivity contribution in [2.75, 3.05) is 0 Å². The van der Waals surface area contributed by atoms with E-state index in [0.29, 0.717) is 11.4 Å². The van der Waals surface area contributed by atoms with Crippen LogP contribution in [-0.2, 0) is 0 Å². The van der Waals surface area contributed by atoms with Gasteiger partial charge in [0.1, 0.15) is 11.4 Å². The number of aryl methyl sites for hydroxylation is 2. The van der Waals surface area contributed by atoms with Gasteiger partial charge in [0.2, 0.25) is 0 Å². The number of pyridine rings is 1. The summed E-state index contributed by atoms with van der Waals surface area (Å²) < 4.78 is 6.96. The Hall–Kier alpha value is -2.63. The number of nitrogens with zero attached hydrogens (tertiary/aromatic N) is 3. The van der Waals surface area contributed by atoms with Gasteiger partial charge in [-0.1, -0.05) is 5.16 Å². The van der Waals surface area contributed by atoms with Crippen molar-refractivity contribution in [3.8, 4) is 11.3 Å². The van der Waals surface area contributed by atoms with Gasteiger partial charge in [0.15, 0.2) is 0 Å². The summed E-state index contributed by atoms with van der Waals surface area (Å²) in [7, 11) is 0. The Bertz CT molecular complexity index is 766. The second-order valence-electron chi connectivity index (χ2n) is 4.29. The summed E-state index contributed by atoms with van der Waals surface area (Å²) >= 11 is 0. The van der Waals surface area contributed by atoms with Gasteiger partial charge in [-0.2, -0.15) is 0 Å². The van der Waals surface area contributed by atoms with Crippen LogP contribution in [0.1, 0.15) is 21.8 Å². The van der Waals surface area contributed by atoms with E-state index in [-0.39, 0.29) is 5.56 Å².